The Kier molecular flexibility index (Phi) is 5.05. The van der Waals surface area contributed by atoms with Gasteiger partial charge in [-0.2, -0.15) is 5.26 Å². The maximum absolute atomic E-state index is 10.2. The molecule has 0 atom stereocenters. The van der Waals surface area contributed by atoms with Gasteiger partial charge in [0.1, 0.15) is 11.4 Å². The highest BCUT2D eigenvalue weighted by Crippen LogP contribution is 2.37. The normalized spacial score (nSPS) is 11.4. The molecule has 0 aliphatic heterocycles. The second-order valence-corrected chi connectivity index (χ2v) is 4.98. The molecule has 0 saturated heterocycles. The number of amidine groups is 1. The number of aliphatic imine (C=N–C) groups is 1. The lowest BCUT2D eigenvalue weighted by atomic mass is 9.99. The van der Waals surface area contributed by atoms with Crippen LogP contribution in [0.1, 0.15) is 30.9 Å². The van der Waals surface area contributed by atoms with Gasteiger partial charge in [-0.15, -0.1) is 0 Å². The summed E-state index contributed by atoms with van der Waals surface area (Å²) in [4.78, 5) is 4.30. The smallest absolute Gasteiger partial charge is 0.183 e. The van der Waals surface area contributed by atoms with E-state index in [4.69, 9.17) is 5.26 Å². The van der Waals surface area contributed by atoms with Crippen LogP contribution in [0.25, 0.3) is 0 Å². The summed E-state index contributed by atoms with van der Waals surface area (Å²) >= 11 is 1.33. The van der Waals surface area contributed by atoms with Crippen molar-refractivity contribution in [3.63, 3.8) is 0 Å². The number of hydrogen-bond acceptors (Lipinski definition) is 4. The van der Waals surface area contributed by atoms with Crippen molar-refractivity contribution >= 4 is 22.6 Å². The monoisotopic (exact) mass is 263 g/mol. The predicted octanol–water partition coefficient (Wildman–Crippen LogP) is 3.25. The summed E-state index contributed by atoms with van der Waals surface area (Å²) in [6.07, 6.45) is 3.65. The van der Waals surface area contributed by atoms with Gasteiger partial charge < -0.3 is 5.11 Å². The Morgan fingerprint density at radius 3 is 2.67 bits per heavy atom. The van der Waals surface area contributed by atoms with Gasteiger partial charge in [0, 0.05) is 0 Å². The number of aromatic hydroxyl groups is 1. The fourth-order valence-corrected chi connectivity index (χ4v) is 1.91. The van der Waals surface area contributed by atoms with E-state index in [2.05, 4.69) is 10.3 Å². The van der Waals surface area contributed by atoms with Gasteiger partial charge in [0.25, 0.3) is 0 Å². The molecule has 0 aliphatic carbocycles. The minimum absolute atomic E-state index is 0.191. The topological polar surface area (TPSA) is 68.4 Å². The van der Waals surface area contributed by atoms with Crippen molar-refractivity contribution < 1.29 is 5.11 Å². The summed E-state index contributed by atoms with van der Waals surface area (Å²) in [6.45, 7) is 5.91. The van der Waals surface area contributed by atoms with Gasteiger partial charge in [0.15, 0.2) is 11.4 Å². The molecule has 0 fully saturated rings. The van der Waals surface area contributed by atoms with Crippen LogP contribution in [0, 0.1) is 18.4 Å². The minimum atomic E-state index is 0.191. The zero-order valence-electron chi connectivity index (χ0n) is 11.0. The second kappa shape index (κ2) is 6.31. The molecule has 0 bridgehead atoms. The summed E-state index contributed by atoms with van der Waals surface area (Å²) < 4.78 is 0. The minimum Gasteiger partial charge on any atom is -0.505 e. The van der Waals surface area contributed by atoms with Crippen LogP contribution in [0.4, 0.5) is 5.69 Å². The van der Waals surface area contributed by atoms with E-state index in [1.54, 1.807) is 0 Å². The number of thioether (sulfide) groups is 1. The van der Waals surface area contributed by atoms with Crippen LogP contribution < -0.4 is 5.32 Å². The molecule has 0 aromatic heterocycles. The molecule has 0 unspecified atom stereocenters. The van der Waals surface area contributed by atoms with E-state index >= 15 is 0 Å². The first-order valence-electron chi connectivity index (χ1n) is 5.61. The number of nitrogens with zero attached hydrogens (tertiary/aromatic N) is 2. The van der Waals surface area contributed by atoms with E-state index < -0.39 is 0 Å². The third-order valence-corrected chi connectivity index (χ3v) is 3.16. The number of hydrogen-bond donors (Lipinski definition) is 2. The molecular formula is C13H17N3OS. The van der Waals surface area contributed by atoms with Gasteiger partial charge in [-0.05, 0) is 30.2 Å². The molecular weight excluding hydrogens is 246 g/mol. The van der Waals surface area contributed by atoms with Crippen LogP contribution in [-0.4, -0.2) is 16.5 Å². The van der Waals surface area contributed by atoms with E-state index in [0.29, 0.717) is 10.9 Å². The van der Waals surface area contributed by atoms with Crippen molar-refractivity contribution in [3.05, 3.63) is 23.3 Å². The SMILES string of the molecule is CSC(=Nc1c(C)ccc(C(C)C)c1O)NC#N. The molecule has 0 amide bonds. The molecule has 0 saturated carbocycles. The Morgan fingerprint density at radius 2 is 2.17 bits per heavy atom. The number of phenolic OH excluding ortho intramolecular Hbond substituents is 1. The lowest BCUT2D eigenvalue weighted by molar-refractivity contribution is 0.466. The van der Waals surface area contributed by atoms with E-state index in [-0.39, 0.29) is 11.7 Å². The molecule has 1 rings (SSSR count). The molecule has 0 heterocycles. The predicted molar refractivity (Wildman–Crippen MR) is 76.3 cm³/mol. The highest BCUT2D eigenvalue weighted by molar-refractivity contribution is 8.13. The molecule has 18 heavy (non-hydrogen) atoms. The maximum atomic E-state index is 10.2. The van der Waals surface area contributed by atoms with Crippen LogP contribution in [0.5, 0.6) is 5.75 Å². The summed E-state index contributed by atoms with van der Waals surface area (Å²) in [7, 11) is 0. The van der Waals surface area contributed by atoms with Gasteiger partial charge >= 0.3 is 0 Å². The van der Waals surface area contributed by atoms with Crippen molar-refractivity contribution in [2.45, 2.75) is 26.7 Å². The van der Waals surface area contributed by atoms with Gasteiger partial charge in [-0.1, -0.05) is 37.7 Å². The van der Waals surface area contributed by atoms with E-state index in [1.165, 1.54) is 11.8 Å². The lowest BCUT2D eigenvalue weighted by Crippen LogP contribution is -2.12. The molecule has 2 N–H and O–H groups in total. The highest BCUT2D eigenvalue weighted by atomic mass is 32.2. The van der Waals surface area contributed by atoms with E-state index in [9.17, 15) is 5.11 Å². The Morgan fingerprint density at radius 1 is 1.50 bits per heavy atom. The van der Waals surface area contributed by atoms with Crippen molar-refractivity contribution in [2.75, 3.05) is 6.26 Å². The highest BCUT2D eigenvalue weighted by Gasteiger charge is 2.13. The number of aryl methyl sites for hydroxylation is 1. The summed E-state index contributed by atoms with van der Waals surface area (Å²) in [6, 6.07) is 3.84. The molecule has 1 aromatic rings. The lowest BCUT2D eigenvalue weighted by Gasteiger charge is -2.12. The number of phenols is 1. The Labute approximate surface area is 112 Å². The average molecular weight is 263 g/mol. The largest absolute Gasteiger partial charge is 0.505 e. The molecule has 5 heteroatoms. The van der Waals surface area contributed by atoms with Crippen LogP contribution >= 0.6 is 11.8 Å². The Bertz CT molecular complexity index is 504. The van der Waals surface area contributed by atoms with Gasteiger partial charge in [-0.3, -0.25) is 5.32 Å². The zero-order valence-corrected chi connectivity index (χ0v) is 11.8. The van der Waals surface area contributed by atoms with Gasteiger partial charge in [0.2, 0.25) is 0 Å². The Hall–Kier alpha value is -1.67. The van der Waals surface area contributed by atoms with Crippen molar-refractivity contribution in [1.82, 2.24) is 5.32 Å². The van der Waals surface area contributed by atoms with Crippen LogP contribution in [0.2, 0.25) is 0 Å². The molecule has 0 spiro atoms. The molecule has 4 nitrogen and oxygen atoms in total. The van der Waals surface area contributed by atoms with Gasteiger partial charge in [-0.25, -0.2) is 4.99 Å². The van der Waals surface area contributed by atoms with E-state index in [0.717, 1.165) is 11.1 Å². The van der Waals surface area contributed by atoms with E-state index in [1.807, 2.05) is 45.4 Å². The maximum Gasteiger partial charge on any atom is 0.183 e. The first-order chi connectivity index (χ1) is 8.51. The second-order valence-electron chi connectivity index (χ2n) is 4.18. The van der Waals surface area contributed by atoms with Crippen LogP contribution in [0.3, 0.4) is 0 Å². The molecule has 96 valence electrons. The molecule has 0 aliphatic rings. The average Bonchev–Trinajstić information content (AvgIpc) is 2.32. The van der Waals surface area contributed by atoms with Crippen LogP contribution in [-0.2, 0) is 0 Å². The Balaban J connectivity index is 3.31. The van der Waals surface area contributed by atoms with Crippen molar-refractivity contribution in [3.8, 4) is 11.9 Å². The standard InChI is InChI=1S/C13H17N3OS/c1-8(2)10-6-5-9(3)11(12(10)17)16-13(18-4)15-7-14/h5-6,8,17H,1-4H3,(H,15,16). The fraction of sp³-hybridized carbons (Fsp3) is 0.385. The number of nitriles is 1. The zero-order chi connectivity index (χ0) is 13.7. The summed E-state index contributed by atoms with van der Waals surface area (Å²) in [5, 5.41) is 21.8. The van der Waals surface area contributed by atoms with Gasteiger partial charge in [0.05, 0.1) is 0 Å². The first-order valence-corrected chi connectivity index (χ1v) is 6.84. The quantitative estimate of drug-likeness (QED) is 0.372. The molecule has 1 aromatic carbocycles. The summed E-state index contributed by atoms with van der Waals surface area (Å²) in [5.41, 5.74) is 2.26. The third kappa shape index (κ3) is 3.17. The third-order valence-electron chi connectivity index (χ3n) is 2.58. The summed E-state index contributed by atoms with van der Waals surface area (Å²) in [5.74, 6) is 0.414. The number of nitrogens with one attached hydrogen (secondary N) is 1. The first kappa shape index (κ1) is 14.4. The number of benzene rings is 1. The van der Waals surface area contributed by atoms with Crippen molar-refractivity contribution in [2.24, 2.45) is 4.99 Å². The molecule has 0 radical (unpaired) electrons. The number of rotatable bonds is 2. The van der Waals surface area contributed by atoms with Crippen molar-refractivity contribution in [1.29, 1.82) is 5.26 Å². The van der Waals surface area contributed by atoms with Crippen LogP contribution in [0.15, 0.2) is 17.1 Å². The fourth-order valence-electron chi connectivity index (χ4n) is 1.58.